The monoisotopic (exact) mass is 250 g/mol. The molecule has 3 heteroatoms. The summed E-state index contributed by atoms with van der Waals surface area (Å²) < 4.78 is 5.62. The molecule has 1 heterocycles. The second-order valence-electron chi connectivity index (χ2n) is 6.56. The third kappa shape index (κ3) is 1.49. The smallest absolute Gasteiger partial charge is 0.309 e. The van der Waals surface area contributed by atoms with E-state index >= 15 is 0 Å². The van der Waals surface area contributed by atoms with Crippen LogP contribution in [0.3, 0.4) is 0 Å². The molecule has 0 radical (unpaired) electrons. The molecule has 2 aliphatic carbocycles. The molecule has 2 fully saturated rings. The molecule has 0 bridgehead atoms. The van der Waals surface area contributed by atoms with E-state index in [2.05, 4.69) is 6.92 Å². The molecule has 18 heavy (non-hydrogen) atoms. The predicted molar refractivity (Wildman–Crippen MR) is 67.8 cm³/mol. The van der Waals surface area contributed by atoms with Gasteiger partial charge in [-0.3, -0.25) is 4.79 Å². The molecular weight excluding hydrogens is 228 g/mol. The van der Waals surface area contributed by atoms with Crippen LogP contribution in [0.2, 0.25) is 0 Å². The van der Waals surface area contributed by atoms with Crippen LogP contribution in [0.4, 0.5) is 0 Å². The Labute approximate surface area is 108 Å². The molecule has 0 aromatic heterocycles. The Morgan fingerprint density at radius 1 is 1.33 bits per heavy atom. The van der Waals surface area contributed by atoms with Crippen LogP contribution in [0.15, 0.2) is 11.1 Å². The Morgan fingerprint density at radius 3 is 2.72 bits per heavy atom. The van der Waals surface area contributed by atoms with Crippen LogP contribution < -0.4 is 0 Å². The van der Waals surface area contributed by atoms with Crippen molar-refractivity contribution in [1.29, 1.82) is 0 Å². The lowest BCUT2D eigenvalue weighted by atomic mass is 9.59. The molecule has 1 saturated carbocycles. The fourth-order valence-electron chi connectivity index (χ4n) is 4.21. The lowest BCUT2D eigenvalue weighted by molar-refractivity contribution is -0.143. The molecular formula is C15H22O3. The summed E-state index contributed by atoms with van der Waals surface area (Å²) in [6.07, 6.45) is 3.63. The molecule has 3 nitrogen and oxygen atoms in total. The standard InChI is InChI=1S/C15H22O3/c1-8-10-4-6-15(3)7-5-11(16)9(2)12(15)13(10)18-14(8)17/h8,10-11,13,16H,4-7H2,1-3H3/t8-,10-,11-,13-,15-/m0/s1. The van der Waals surface area contributed by atoms with Crippen LogP contribution >= 0.6 is 0 Å². The third-order valence-electron chi connectivity index (χ3n) is 5.50. The van der Waals surface area contributed by atoms with Gasteiger partial charge in [0.15, 0.2) is 0 Å². The van der Waals surface area contributed by atoms with Crippen LogP contribution in [0.1, 0.15) is 46.5 Å². The van der Waals surface area contributed by atoms with Crippen LogP contribution in [-0.4, -0.2) is 23.3 Å². The molecule has 1 saturated heterocycles. The number of carbonyl (C=O) groups is 1. The molecule has 3 rings (SSSR count). The second-order valence-corrected chi connectivity index (χ2v) is 6.56. The molecule has 0 unspecified atom stereocenters. The Balaban J connectivity index is 2.06. The summed E-state index contributed by atoms with van der Waals surface area (Å²) in [5.74, 6) is 0.273. The topological polar surface area (TPSA) is 46.5 Å². The number of fused-ring (bicyclic) bond motifs is 3. The number of aliphatic hydroxyl groups excluding tert-OH is 1. The van der Waals surface area contributed by atoms with Gasteiger partial charge in [-0.2, -0.15) is 0 Å². The Kier molecular flexibility index (Phi) is 2.60. The van der Waals surface area contributed by atoms with Gasteiger partial charge in [-0.05, 0) is 49.2 Å². The van der Waals surface area contributed by atoms with E-state index in [1.807, 2.05) is 13.8 Å². The van der Waals surface area contributed by atoms with E-state index in [9.17, 15) is 9.90 Å². The van der Waals surface area contributed by atoms with E-state index in [0.717, 1.165) is 31.3 Å². The van der Waals surface area contributed by atoms with Crippen LogP contribution in [0.25, 0.3) is 0 Å². The highest BCUT2D eigenvalue weighted by Crippen LogP contribution is 2.55. The number of ether oxygens (including phenoxy) is 1. The minimum Gasteiger partial charge on any atom is -0.457 e. The number of rotatable bonds is 0. The van der Waals surface area contributed by atoms with E-state index in [1.54, 1.807) is 0 Å². The Hall–Kier alpha value is -0.830. The summed E-state index contributed by atoms with van der Waals surface area (Å²) in [6.45, 7) is 6.26. The van der Waals surface area contributed by atoms with Crippen molar-refractivity contribution >= 4 is 5.97 Å². The average molecular weight is 250 g/mol. The van der Waals surface area contributed by atoms with Crippen LogP contribution in [0, 0.1) is 17.3 Å². The minimum atomic E-state index is -0.346. The van der Waals surface area contributed by atoms with Crippen molar-refractivity contribution in [3.8, 4) is 0 Å². The second kappa shape index (κ2) is 3.83. The SMILES string of the molecule is CC1=C2[C@H]3OC(=O)[C@@H](C)[C@@H]3CC[C@@]2(C)CC[C@@H]1O. The summed E-state index contributed by atoms with van der Waals surface area (Å²) in [5.41, 5.74) is 2.42. The number of hydrogen-bond acceptors (Lipinski definition) is 3. The molecule has 1 aliphatic heterocycles. The van der Waals surface area contributed by atoms with Gasteiger partial charge in [0.2, 0.25) is 0 Å². The highest BCUT2D eigenvalue weighted by molar-refractivity contribution is 5.75. The maximum absolute atomic E-state index is 11.8. The largest absolute Gasteiger partial charge is 0.457 e. The fourth-order valence-corrected chi connectivity index (χ4v) is 4.21. The van der Waals surface area contributed by atoms with E-state index in [0.29, 0.717) is 5.92 Å². The summed E-state index contributed by atoms with van der Waals surface area (Å²) >= 11 is 0. The molecule has 1 N–H and O–H groups in total. The Bertz CT molecular complexity index is 425. The highest BCUT2D eigenvalue weighted by Gasteiger charge is 2.53. The lowest BCUT2D eigenvalue weighted by Gasteiger charge is -2.47. The fraction of sp³-hybridized carbons (Fsp3) is 0.800. The molecule has 3 aliphatic rings. The van der Waals surface area contributed by atoms with Crippen molar-refractivity contribution in [3.63, 3.8) is 0 Å². The first-order chi connectivity index (χ1) is 8.44. The van der Waals surface area contributed by atoms with Crippen molar-refractivity contribution in [3.05, 3.63) is 11.1 Å². The minimum absolute atomic E-state index is 0.0129. The van der Waals surface area contributed by atoms with Crippen LogP contribution in [-0.2, 0) is 9.53 Å². The summed E-state index contributed by atoms with van der Waals surface area (Å²) in [6, 6.07) is 0. The zero-order valence-electron chi connectivity index (χ0n) is 11.4. The number of esters is 1. The molecule has 0 aromatic carbocycles. The lowest BCUT2D eigenvalue weighted by Crippen LogP contribution is -2.42. The van der Waals surface area contributed by atoms with Gasteiger partial charge >= 0.3 is 5.97 Å². The third-order valence-corrected chi connectivity index (χ3v) is 5.50. The van der Waals surface area contributed by atoms with Crippen LogP contribution in [0.5, 0.6) is 0 Å². The molecule has 5 atom stereocenters. The molecule has 0 spiro atoms. The summed E-state index contributed by atoms with van der Waals surface area (Å²) in [5, 5.41) is 10.1. The van der Waals surface area contributed by atoms with Gasteiger partial charge in [-0.15, -0.1) is 0 Å². The maximum atomic E-state index is 11.8. The van der Waals surface area contributed by atoms with E-state index in [4.69, 9.17) is 4.74 Å². The molecule has 0 amide bonds. The predicted octanol–water partition coefficient (Wildman–Crippen LogP) is 2.44. The first-order valence-corrected chi connectivity index (χ1v) is 7.04. The van der Waals surface area contributed by atoms with Gasteiger partial charge in [0.05, 0.1) is 12.0 Å². The zero-order valence-corrected chi connectivity index (χ0v) is 11.4. The number of hydrogen-bond donors (Lipinski definition) is 1. The van der Waals surface area contributed by atoms with Gasteiger partial charge in [-0.25, -0.2) is 0 Å². The van der Waals surface area contributed by atoms with Crippen molar-refractivity contribution in [2.75, 3.05) is 0 Å². The van der Waals surface area contributed by atoms with E-state index in [-0.39, 0.29) is 29.5 Å². The van der Waals surface area contributed by atoms with Gasteiger partial charge < -0.3 is 9.84 Å². The normalized spacial score (nSPS) is 47.7. The number of aliphatic hydroxyl groups is 1. The zero-order chi connectivity index (χ0) is 13.1. The maximum Gasteiger partial charge on any atom is 0.309 e. The van der Waals surface area contributed by atoms with Crippen molar-refractivity contribution in [1.82, 2.24) is 0 Å². The quantitative estimate of drug-likeness (QED) is 0.530. The first-order valence-electron chi connectivity index (χ1n) is 7.04. The molecule has 100 valence electrons. The highest BCUT2D eigenvalue weighted by atomic mass is 16.6. The van der Waals surface area contributed by atoms with Gasteiger partial charge in [-0.1, -0.05) is 13.8 Å². The van der Waals surface area contributed by atoms with Gasteiger partial charge in [0.25, 0.3) is 0 Å². The van der Waals surface area contributed by atoms with Crippen molar-refractivity contribution in [2.24, 2.45) is 17.3 Å². The van der Waals surface area contributed by atoms with Crippen molar-refractivity contribution < 1.29 is 14.6 Å². The summed E-state index contributed by atoms with van der Waals surface area (Å²) in [4.78, 5) is 11.8. The van der Waals surface area contributed by atoms with Crippen molar-refractivity contribution in [2.45, 2.75) is 58.7 Å². The number of carbonyl (C=O) groups excluding carboxylic acids is 1. The molecule has 0 aromatic rings. The van der Waals surface area contributed by atoms with E-state index in [1.165, 1.54) is 5.57 Å². The Morgan fingerprint density at radius 2 is 2.00 bits per heavy atom. The van der Waals surface area contributed by atoms with E-state index < -0.39 is 0 Å². The summed E-state index contributed by atoms with van der Waals surface area (Å²) in [7, 11) is 0. The van der Waals surface area contributed by atoms with Gasteiger partial charge in [0, 0.05) is 5.92 Å². The first kappa shape index (κ1) is 12.2. The average Bonchev–Trinajstić information content (AvgIpc) is 2.60. The van der Waals surface area contributed by atoms with Gasteiger partial charge in [0.1, 0.15) is 6.10 Å².